The van der Waals surface area contributed by atoms with Crippen molar-refractivity contribution >= 4 is 17.4 Å². The maximum atomic E-state index is 13.6. The molecule has 0 saturated carbocycles. The highest BCUT2D eigenvalue weighted by Crippen LogP contribution is 2.34. The topological polar surface area (TPSA) is 115 Å². The summed E-state index contributed by atoms with van der Waals surface area (Å²) in [5.41, 5.74) is 6.62. The Morgan fingerprint density at radius 3 is 2.73 bits per heavy atom. The predicted molar refractivity (Wildman–Crippen MR) is 147 cm³/mol. The largest absolute Gasteiger partial charge is 0.309 e. The van der Waals surface area contributed by atoms with E-state index in [2.05, 4.69) is 25.6 Å². The Bertz CT molecular complexity index is 1860. The summed E-state index contributed by atoms with van der Waals surface area (Å²) in [5, 5.41) is 15.9. The third kappa shape index (κ3) is 4.37. The number of hydrogen-bond acceptors (Lipinski definition) is 7. The molecule has 0 unspecified atom stereocenters. The van der Waals surface area contributed by atoms with Crippen molar-refractivity contribution in [1.29, 1.82) is 0 Å². The SMILES string of the molecule is O=C(Nc1cn2nc(-c3c(-c4ccc(F)cc4)nn4c3CNCC4)ccc2n1)c1ccnc(-c2cccnc2)c1. The molecule has 10 nitrogen and oxygen atoms in total. The van der Waals surface area contributed by atoms with Crippen LogP contribution >= 0.6 is 0 Å². The molecule has 0 saturated heterocycles. The average molecular weight is 532 g/mol. The van der Waals surface area contributed by atoms with Crippen molar-refractivity contribution in [1.82, 2.24) is 39.7 Å². The van der Waals surface area contributed by atoms with Crippen LogP contribution in [0, 0.1) is 5.82 Å². The van der Waals surface area contributed by atoms with Gasteiger partial charge in [0.1, 0.15) is 11.5 Å². The van der Waals surface area contributed by atoms with Gasteiger partial charge in [-0.15, -0.1) is 0 Å². The number of aromatic nitrogens is 7. The summed E-state index contributed by atoms with van der Waals surface area (Å²) in [7, 11) is 0. The number of rotatable bonds is 5. The lowest BCUT2D eigenvalue weighted by atomic mass is 10.0. The van der Waals surface area contributed by atoms with E-state index < -0.39 is 0 Å². The summed E-state index contributed by atoms with van der Waals surface area (Å²) in [4.78, 5) is 26.0. The van der Waals surface area contributed by atoms with Crippen molar-refractivity contribution in [2.75, 3.05) is 11.9 Å². The molecule has 1 aliphatic rings. The zero-order chi connectivity index (χ0) is 27.1. The van der Waals surface area contributed by atoms with Crippen LogP contribution in [0.2, 0.25) is 0 Å². The summed E-state index contributed by atoms with van der Waals surface area (Å²) < 4.78 is 17.2. The predicted octanol–water partition coefficient (Wildman–Crippen LogP) is 4.21. The Balaban J connectivity index is 1.21. The van der Waals surface area contributed by atoms with E-state index in [9.17, 15) is 9.18 Å². The van der Waals surface area contributed by atoms with Crippen LogP contribution in [0.15, 0.2) is 85.5 Å². The molecule has 196 valence electrons. The van der Waals surface area contributed by atoms with Gasteiger partial charge in [0.2, 0.25) is 0 Å². The molecule has 0 aliphatic carbocycles. The molecule has 0 radical (unpaired) electrons. The van der Waals surface area contributed by atoms with Gasteiger partial charge >= 0.3 is 0 Å². The molecule has 5 aromatic heterocycles. The maximum absolute atomic E-state index is 13.6. The van der Waals surface area contributed by atoms with Crippen molar-refractivity contribution in [3.8, 4) is 33.8 Å². The lowest BCUT2D eigenvalue weighted by molar-refractivity contribution is 0.102. The Kier molecular flexibility index (Phi) is 5.82. The summed E-state index contributed by atoms with van der Waals surface area (Å²) in [5.74, 6) is -0.248. The van der Waals surface area contributed by atoms with Gasteiger partial charge in [0, 0.05) is 48.4 Å². The lowest BCUT2D eigenvalue weighted by Gasteiger charge is -2.15. The number of halogens is 1. The normalized spacial score (nSPS) is 12.8. The van der Waals surface area contributed by atoms with Gasteiger partial charge in [0.05, 0.1) is 35.4 Å². The molecule has 0 atom stereocenters. The molecular weight excluding hydrogens is 509 g/mol. The van der Waals surface area contributed by atoms with E-state index in [1.807, 2.05) is 28.9 Å². The highest BCUT2D eigenvalue weighted by Gasteiger charge is 2.24. The van der Waals surface area contributed by atoms with Crippen molar-refractivity contribution in [3.63, 3.8) is 0 Å². The van der Waals surface area contributed by atoms with Gasteiger partial charge in [-0.05, 0) is 60.7 Å². The van der Waals surface area contributed by atoms with Crippen LogP contribution in [0.25, 0.3) is 39.4 Å². The Morgan fingerprint density at radius 1 is 0.975 bits per heavy atom. The van der Waals surface area contributed by atoms with Crippen LogP contribution in [-0.2, 0) is 13.1 Å². The minimum atomic E-state index is -0.313. The number of benzene rings is 1. The molecule has 1 amide bonds. The van der Waals surface area contributed by atoms with E-state index >= 15 is 0 Å². The van der Waals surface area contributed by atoms with Crippen LogP contribution < -0.4 is 10.6 Å². The number of pyridine rings is 2. The molecule has 6 heterocycles. The number of nitrogens with zero attached hydrogens (tertiary/aromatic N) is 7. The molecule has 0 spiro atoms. The summed E-state index contributed by atoms with van der Waals surface area (Å²) in [6.45, 7) is 2.18. The molecule has 1 aliphatic heterocycles. The zero-order valence-corrected chi connectivity index (χ0v) is 21.1. The highest BCUT2D eigenvalue weighted by molar-refractivity contribution is 6.04. The number of amides is 1. The van der Waals surface area contributed by atoms with Crippen molar-refractivity contribution < 1.29 is 9.18 Å². The van der Waals surface area contributed by atoms with Gasteiger partial charge in [-0.3, -0.25) is 19.4 Å². The second-order valence-corrected chi connectivity index (χ2v) is 9.35. The van der Waals surface area contributed by atoms with Crippen LogP contribution in [0.1, 0.15) is 16.1 Å². The van der Waals surface area contributed by atoms with Crippen molar-refractivity contribution in [2.45, 2.75) is 13.1 Å². The standard InChI is InChI=1S/C29H22FN9O/c30-21-5-3-18(4-6-21)28-27(24-16-32-12-13-38(24)37-28)22-7-8-26-34-25(17-39(26)36-22)35-29(40)19-9-11-33-23(14-19)20-2-1-10-31-15-20/h1-11,14-15,17,32H,12-13,16H2,(H,35,40). The molecule has 6 aromatic rings. The van der Waals surface area contributed by atoms with E-state index in [-0.39, 0.29) is 11.7 Å². The van der Waals surface area contributed by atoms with Gasteiger partial charge in [-0.25, -0.2) is 13.9 Å². The summed E-state index contributed by atoms with van der Waals surface area (Å²) >= 11 is 0. The van der Waals surface area contributed by atoms with Gasteiger partial charge in [0.15, 0.2) is 11.5 Å². The Morgan fingerprint density at radius 2 is 1.88 bits per heavy atom. The number of anilines is 1. The molecular formula is C29H22FN9O. The Hall–Kier alpha value is -5.29. The second kappa shape index (κ2) is 9.79. The fourth-order valence-electron chi connectivity index (χ4n) is 4.84. The smallest absolute Gasteiger partial charge is 0.256 e. The van der Waals surface area contributed by atoms with Gasteiger partial charge < -0.3 is 10.6 Å². The van der Waals surface area contributed by atoms with E-state index in [0.29, 0.717) is 35.0 Å². The van der Waals surface area contributed by atoms with Crippen molar-refractivity contribution in [2.24, 2.45) is 0 Å². The number of nitrogens with one attached hydrogen (secondary N) is 2. The molecule has 1 aromatic carbocycles. The number of imidazole rings is 1. The first-order valence-electron chi connectivity index (χ1n) is 12.7. The van der Waals surface area contributed by atoms with E-state index in [0.717, 1.165) is 41.2 Å². The first-order valence-corrected chi connectivity index (χ1v) is 12.7. The second-order valence-electron chi connectivity index (χ2n) is 9.35. The molecule has 7 rings (SSSR count). The van der Waals surface area contributed by atoms with E-state index in [1.54, 1.807) is 53.6 Å². The monoisotopic (exact) mass is 531 g/mol. The van der Waals surface area contributed by atoms with E-state index in [1.165, 1.54) is 12.1 Å². The molecule has 40 heavy (non-hydrogen) atoms. The average Bonchev–Trinajstić information content (AvgIpc) is 3.58. The van der Waals surface area contributed by atoms with Crippen LogP contribution in [0.3, 0.4) is 0 Å². The summed E-state index contributed by atoms with van der Waals surface area (Å²) in [6.07, 6.45) is 6.65. The van der Waals surface area contributed by atoms with Crippen LogP contribution in [0.4, 0.5) is 10.2 Å². The minimum Gasteiger partial charge on any atom is -0.309 e. The molecule has 0 fully saturated rings. The Labute approximate surface area is 227 Å². The first kappa shape index (κ1) is 23.8. The third-order valence-corrected chi connectivity index (χ3v) is 6.77. The third-order valence-electron chi connectivity index (χ3n) is 6.77. The van der Waals surface area contributed by atoms with Crippen molar-refractivity contribution in [3.05, 3.63) is 103 Å². The molecule has 11 heteroatoms. The quantitative estimate of drug-likeness (QED) is 0.342. The summed E-state index contributed by atoms with van der Waals surface area (Å²) in [6, 6.07) is 17.1. The lowest BCUT2D eigenvalue weighted by Crippen LogP contribution is -2.28. The minimum absolute atomic E-state index is 0.302. The maximum Gasteiger partial charge on any atom is 0.256 e. The number of carbonyl (C=O) groups is 1. The van der Waals surface area contributed by atoms with Gasteiger partial charge in [0.25, 0.3) is 5.91 Å². The van der Waals surface area contributed by atoms with Gasteiger partial charge in [-0.2, -0.15) is 10.2 Å². The first-order chi connectivity index (χ1) is 19.6. The molecule has 2 N–H and O–H groups in total. The van der Waals surface area contributed by atoms with E-state index in [4.69, 9.17) is 10.2 Å². The highest BCUT2D eigenvalue weighted by atomic mass is 19.1. The number of hydrogen-bond donors (Lipinski definition) is 2. The number of fused-ring (bicyclic) bond motifs is 2. The van der Waals surface area contributed by atoms with Crippen LogP contribution in [-0.4, -0.2) is 46.8 Å². The van der Waals surface area contributed by atoms with Gasteiger partial charge in [-0.1, -0.05) is 0 Å². The molecule has 0 bridgehead atoms. The zero-order valence-electron chi connectivity index (χ0n) is 21.1. The van der Waals surface area contributed by atoms with Crippen LogP contribution in [0.5, 0.6) is 0 Å². The fourth-order valence-corrected chi connectivity index (χ4v) is 4.84. The fraction of sp³-hybridized carbons (Fsp3) is 0.103. The number of carbonyl (C=O) groups excluding carboxylic acids is 1.